The van der Waals surface area contributed by atoms with Gasteiger partial charge in [0, 0.05) is 0 Å². The zero-order valence-corrected chi connectivity index (χ0v) is 33.0. The van der Waals surface area contributed by atoms with Crippen molar-refractivity contribution >= 4 is 15.9 Å². The minimum atomic E-state index is -0.493. The number of rotatable bonds is 22. The molecular weight excluding hydrogens is 740 g/mol. The minimum Gasteiger partial charge on any atom is -0.491 e. The summed E-state index contributed by atoms with van der Waals surface area (Å²) in [5, 5.41) is 0.662. The fourth-order valence-electron chi connectivity index (χ4n) is 6.55. The Labute approximate surface area is 329 Å². The van der Waals surface area contributed by atoms with Crippen molar-refractivity contribution in [2.24, 2.45) is 0 Å². The van der Waals surface area contributed by atoms with Gasteiger partial charge in [-0.1, -0.05) is 155 Å². The van der Waals surface area contributed by atoms with E-state index in [4.69, 9.17) is 28.4 Å². The summed E-state index contributed by atoms with van der Waals surface area (Å²) in [4.78, 5) is 0. The van der Waals surface area contributed by atoms with Gasteiger partial charge in [-0.15, -0.1) is 0 Å². The largest absolute Gasteiger partial charge is 0.491 e. The summed E-state index contributed by atoms with van der Waals surface area (Å²) >= 11 is 3.25. The highest BCUT2D eigenvalue weighted by Gasteiger charge is 2.38. The van der Waals surface area contributed by atoms with Gasteiger partial charge in [-0.3, -0.25) is 0 Å². The van der Waals surface area contributed by atoms with Gasteiger partial charge in [-0.25, -0.2) is 0 Å². The van der Waals surface area contributed by atoms with Crippen molar-refractivity contribution in [3.05, 3.63) is 172 Å². The Morgan fingerprint density at radius 2 is 0.870 bits per heavy atom. The van der Waals surface area contributed by atoms with E-state index < -0.39 is 5.41 Å². The Hall–Kier alpha value is -4.26. The van der Waals surface area contributed by atoms with Crippen molar-refractivity contribution in [3.63, 3.8) is 0 Å². The van der Waals surface area contributed by atoms with Crippen molar-refractivity contribution in [1.29, 1.82) is 0 Å². The number of hydrogen-bond donors (Lipinski definition) is 0. The van der Waals surface area contributed by atoms with Crippen LogP contribution in [0.15, 0.2) is 127 Å². The van der Waals surface area contributed by atoms with Crippen LogP contribution in [0.5, 0.6) is 5.75 Å². The summed E-state index contributed by atoms with van der Waals surface area (Å²) in [6.07, 6.45) is 0. The molecule has 0 aromatic heterocycles. The van der Waals surface area contributed by atoms with E-state index in [1.54, 1.807) is 0 Å². The average molecular weight is 792 g/mol. The molecule has 0 amide bonds. The Kier molecular flexibility index (Phi) is 17.3. The van der Waals surface area contributed by atoms with Crippen LogP contribution in [0.1, 0.15) is 44.5 Å². The van der Waals surface area contributed by atoms with Crippen LogP contribution in [-0.2, 0) is 42.3 Å². The quantitative estimate of drug-likeness (QED) is 0.0302. The maximum atomic E-state index is 6.32. The van der Waals surface area contributed by atoms with Gasteiger partial charge in [0.25, 0.3) is 0 Å². The SMILES string of the molecule is Cc1cc(C(c2ccccc2)(c2ccccc2)c2ccccc2)cc(C)c1OCCOCCOCc1ccc(COCCOCCOCC#CCBr)cc1. The van der Waals surface area contributed by atoms with Gasteiger partial charge >= 0.3 is 0 Å². The van der Waals surface area contributed by atoms with E-state index >= 15 is 0 Å². The third-order valence-electron chi connectivity index (χ3n) is 9.03. The maximum absolute atomic E-state index is 6.32. The minimum absolute atomic E-state index is 0.426. The summed E-state index contributed by atoms with van der Waals surface area (Å²) in [6, 6.07) is 45.2. The molecule has 5 aromatic carbocycles. The second-order valence-corrected chi connectivity index (χ2v) is 13.4. The van der Waals surface area contributed by atoms with Crippen molar-refractivity contribution in [2.45, 2.75) is 32.5 Å². The lowest BCUT2D eigenvalue weighted by Gasteiger charge is -2.37. The molecule has 0 aliphatic carbocycles. The van der Waals surface area contributed by atoms with Crippen LogP contribution in [0.3, 0.4) is 0 Å². The summed E-state index contributed by atoms with van der Waals surface area (Å²) in [5.74, 6) is 6.69. The first-order valence-electron chi connectivity index (χ1n) is 18.5. The van der Waals surface area contributed by atoms with Crippen LogP contribution in [0.25, 0.3) is 0 Å². The van der Waals surface area contributed by atoms with Gasteiger partial charge in [0.2, 0.25) is 0 Å². The second kappa shape index (κ2) is 22.8. The van der Waals surface area contributed by atoms with Gasteiger partial charge in [0.15, 0.2) is 0 Å². The Morgan fingerprint density at radius 1 is 0.463 bits per heavy atom. The zero-order chi connectivity index (χ0) is 37.7. The normalized spacial score (nSPS) is 11.2. The molecule has 0 spiro atoms. The monoisotopic (exact) mass is 790 g/mol. The van der Waals surface area contributed by atoms with Crippen molar-refractivity contribution in [3.8, 4) is 17.6 Å². The molecule has 0 N–H and O–H groups in total. The van der Waals surface area contributed by atoms with Gasteiger partial charge in [0.1, 0.15) is 19.0 Å². The van der Waals surface area contributed by atoms with Crippen LogP contribution in [0.2, 0.25) is 0 Å². The molecule has 0 saturated carbocycles. The number of benzene rings is 5. The van der Waals surface area contributed by atoms with Gasteiger partial charge in [0.05, 0.1) is 70.2 Å². The molecule has 5 rings (SSSR count). The van der Waals surface area contributed by atoms with E-state index in [9.17, 15) is 0 Å². The van der Waals surface area contributed by atoms with Crippen molar-refractivity contribution < 1.29 is 28.4 Å². The third-order valence-corrected chi connectivity index (χ3v) is 9.31. The van der Waals surface area contributed by atoms with Crippen molar-refractivity contribution in [1.82, 2.24) is 0 Å². The summed E-state index contributed by atoms with van der Waals surface area (Å²) in [6.45, 7) is 9.82. The predicted molar refractivity (Wildman–Crippen MR) is 220 cm³/mol. The first-order valence-corrected chi connectivity index (χ1v) is 19.6. The summed E-state index contributed by atoms with van der Waals surface area (Å²) < 4.78 is 34.6. The van der Waals surface area contributed by atoms with Crippen LogP contribution in [-0.4, -0.2) is 64.8 Å². The van der Waals surface area contributed by atoms with Gasteiger partial charge in [-0.2, -0.15) is 0 Å². The third kappa shape index (κ3) is 11.9. The molecule has 7 heteroatoms. The molecule has 6 nitrogen and oxygen atoms in total. The smallest absolute Gasteiger partial charge is 0.125 e. The standard InChI is InChI=1S/C47H51BrO6/c1-38-34-45(47(42-14-6-3-7-15-42,43-16-8-4-9-17-43)44-18-10-5-11-19-44)35-39(2)46(38)54-33-32-51-29-31-53-37-41-22-20-40(21-23-41)36-52-30-28-50-27-26-49-25-13-12-24-48/h3-11,14-23,34-35H,24-33,36-37H2,1-2H3. The molecule has 0 saturated heterocycles. The van der Waals surface area contributed by atoms with E-state index in [-0.39, 0.29) is 0 Å². The molecule has 0 bridgehead atoms. The fourth-order valence-corrected chi connectivity index (χ4v) is 6.75. The molecule has 0 radical (unpaired) electrons. The van der Waals surface area contributed by atoms with Crippen LogP contribution in [0, 0.1) is 25.7 Å². The topological polar surface area (TPSA) is 55.4 Å². The van der Waals surface area contributed by atoms with E-state index in [0.717, 1.165) is 28.0 Å². The lowest BCUT2D eigenvalue weighted by Crippen LogP contribution is -2.31. The van der Waals surface area contributed by atoms with Crippen LogP contribution in [0.4, 0.5) is 0 Å². The van der Waals surface area contributed by atoms with Crippen molar-refractivity contribution in [2.75, 3.05) is 64.8 Å². The molecule has 0 fully saturated rings. The molecule has 0 aliphatic rings. The maximum Gasteiger partial charge on any atom is 0.125 e. The molecule has 5 aromatic rings. The molecule has 0 unspecified atom stereocenters. The summed E-state index contributed by atoms with van der Waals surface area (Å²) in [7, 11) is 0. The first kappa shape index (κ1) is 40.9. The van der Waals surface area contributed by atoms with E-state index in [2.05, 4.69) is 169 Å². The lowest BCUT2D eigenvalue weighted by atomic mass is 9.64. The van der Waals surface area contributed by atoms with Gasteiger partial charge in [-0.05, 0) is 58.4 Å². The Morgan fingerprint density at radius 3 is 1.31 bits per heavy atom. The van der Waals surface area contributed by atoms with E-state index in [1.165, 1.54) is 22.3 Å². The Balaban J connectivity index is 1.04. The molecule has 54 heavy (non-hydrogen) atoms. The number of ether oxygens (including phenoxy) is 6. The number of hydrogen-bond acceptors (Lipinski definition) is 6. The fraction of sp³-hybridized carbons (Fsp3) is 0.319. The molecule has 0 atom stereocenters. The Bertz CT molecular complexity index is 1730. The number of alkyl halides is 1. The van der Waals surface area contributed by atoms with E-state index in [0.29, 0.717) is 78.0 Å². The number of aryl methyl sites for hydroxylation is 2. The highest BCUT2D eigenvalue weighted by atomic mass is 79.9. The lowest BCUT2D eigenvalue weighted by molar-refractivity contribution is 0.0158. The first-order chi connectivity index (χ1) is 26.6. The molecule has 282 valence electrons. The predicted octanol–water partition coefficient (Wildman–Crippen LogP) is 9.25. The van der Waals surface area contributed by atoms with Crippen LogP contribution < -0.4 is 4.74 Å². The van der Waals surface area contributed by atoms with Gasteiger partial charge < -0.3 is 28.4 Å². The molecular formula is C47H51BrO6. The van der Waals surface area contributed by atoms with E-state index in [1.807, 2.05) is 0 Å². The van der Waals surface area contributed by atoms with Crippen LogP contribution >= 0.6 is 15.9 Å². The zero-order valence-electron chi connectivity index (χ0n) is 31.4. The number of halogens is 1. The average Bonchev–Trinajstić information content (AvgIpc) is 3.21. The summed E-state index contributed by atoms with van der Waals surface area (Å²) in [5.41, 5.74) is 8.77. The molecule has 0 heterocycles. The molecule has 0 aliphatic heterocycles. The second-order valence-electron chi connectivity index (χ2n) is 12.8. The highest BCUT2D eigenvalue weighted by Crippen LogP contribution is 2.46. The highest BCUT2D eigenvalue weighted by molar-refractivity contribution is 9.09.